The topological polar surface area (TPSA) is 61.4 Å². The number of rotatable bonds is 3. The molecule has 5 nitrogen and oxygen atoms in total. The molecule has 2 aromatic rings. The first-order chi connectivity index (χ1) is 13.1. The van der Waals surface area contributed by atoms with Crippen molar-refractivity contribution in [3.63, 3.8) is 0 Å². The first kappa shape index (κ1) is 17.7. The molecule has 1 saturated heterocycles. The van der Waals surface area contributed by atoms with Gasteiger partial charge in [0.2, 0.25) is 5.91 Å². The van der Waals surface area contributed by atoms with E-state index in [1.165, 1.54) is 5.56 Å². The lowest BCUT2D eigenvalue weighted by Crippen LogP contribution is -2.40. The summed E-state index contributed by atoms with van der Waals surface area (Å²) in [4.78, 5) is 27.4. The molecule has 2 aliphatic heterocycles. The van der Waals surface area contributed by atoms with Crippen molar-refractivity contribution >= 4 is 23.2 Å². The third-order valence-electron chi connectivity index (χ3n) is 5.50. The summed E-state index contributed by atoms with van der Waals surface area (Å²) in [7, 11) is 0. The maximum Gasteiger partial charge on any atom is 0.258 e. The van der Waals surface area contributed by atoms with E-state index in [2.05, 4.69) is 23.6 Å². The fraction of sp³-hybridized carbons (Fsp3) is 0.364. The number of carbonyl (C=O) groups excluding carboxylic acids is 2. The molecule has 2 aromatic carbocycles. The van der Waals surface area contributed by atoms with Crippen molar-refractivity contribution in [1.82, 2.24) is 5.32 Å². The Bertz CT molecular complexity index is 864. The van der Waals surface area contributed by atoms with Crippen LogP contribution in [0.4, 0.5) is 11.4 Å². The first-order valence-corrected chi connectivity index (χ1v) is 9.66. The second-order valence-corrected chi connectivity index (χ2v) is 7.48. The van der Waals surface area contributed by atoms with E-state index in [1.807, 2.05) is 41.3 Å². The Hall–Kier alpha value is -2.66. The number of carbonyl (C=O) groups is 2. The van der Waals surface area contributed by atoms with Gasteiger partial charge in [-0.15, -0.1) is 0 Å². The Balaban J connectivity index is 1.48. The highest BCUT2D eigenvalue weighted by atomic mass is 16.2. The summed E-state index contributed by atoms with van der Waals surface area (Å²) in [6.07, 6.45) is 2.57. The summed E-state index contributed by atoms with van der Waals surface area (Å²) < 4.78 is 0. The highest BCUT2D eigenvalue weighted by Crippen LogP contribution is 2.29. The second kappa shape index (κ2) is 7.53. The van der Waals surface area contributed by atoms with E-state index in [9.17, 15) is 9.59 Å². The zero-order valence-electron chi connectivity index (χ0n) is 15.6. The quantitative estimate of drug-likeness (QED) is 0.880. The van der Waals surface area contributed by atoms with Crippen molar-refractivity contribution in [3.05, 3.63) is 59.7 Å². The molecule has 0 bridgehead atoms. The second-order valence-electron chi connectivity index (χ2n) is 7.48. The minimum Gasteiger partial charge on any atom is -0.326 e. The van der Waals surface area contributed by atoms with E-state index in [4.69, 9.17) is 0 Å². The molecule has 140 valence electrons. The summed E-state index contributed by atoms with van der Waals surface area (Å²) in [5, 5.41) is 6.36. The van der Waals surface area contributed by atoms with Gasteiger partial charge >= 0.3 is 0 Å². The summed E-state index contributed by atoms with van der Waals surface area (Å²) in [5.41, 5.74) is 3.48. The predicted molar refractivity (Wildman–Crippen MR) is 107 cm³/mol. The third kappa shape index (κ3) is 3.74. The monoisotopic (exact) mass is 363 g/mol. The van der Waals surface area contributed by atoms with Gasteiger partial charge in [0.15, 0.2) is 0 Å². The Kier molecular flexibility index (Phi) is 4.94. The largest absolute Gasteiger partial charge is 0.326 e. The van der Waals surface area contributed by atoms with Crippen molar-refractivity contribution < 1.29 is 9.59 Å². The molecular weight excluding hydrogens is 338 g/mol. The van der Waals surface area contributed by atoms with Crippen LogP contribution >= 0.6 is 0 Å². The average molecular weight is 363 g/mol. The molecule has 27 heavy (non-hydrogen) atoms. The molecule has 2 amide bonds. The Labute approximate surface area is 159 Å². The lowest BCUT2D eigenvalue weighted by molar-refractivity contribution is -0.120. The molecule has 0 radical (unpaired) electrons. The molecule has 0 aliphatic carbocycles. The van der Waals surface area contributed by atoms with Gasteiger partial charge in [0, 0.05) is 35.4 Å². The van der Waals surface area contributed by atoms with Gasteiger partial charge in [0.05, 0.1) is 0 Å². The smallest absolute Gasteiger partial charge is 0.258 e. The van der Waals surface area contributed by atoms with Crippen LogP contribution in [0.2, 0.25) is 0 Å². The summed E-state index contributed by atoms with van der Waals surface area (Å²) in [6.45, 7) is 3.67. The van der Waals surface area contributed by atoms with Crippen molar-refractivity contribution in [2.45, 2.75) is 32.2 Å². The van der Waals surface area contributed by atoms with Crippen LogP contribution in [0.15, 0.2) is 48.5 Å². The number of hydrogen-bond donors (Lipinski definition) is 2. The number of fused-ring (bicyclic) bond motifs is 1. The van der Waals surface area contributed by atoms with Gasteiger partial charge in [0.1, 0.15) is 0 Å². The zero-order valence-corrected chi connectivity index (χ0v) is 15.6. The molecule has 2 heterocycles. The summed E-state index contributed by atoms with van der Waals surface area (Å²) in [5.74, 6) is 0.0390. The van der Waals surface area contributed by atoms with Gasteiger partial charge in [-0.3, -0.25) is 9.59 Å². The minimum absolute atomic E-state index is 0.0195. The van der Waals surface area contributed by atoms with E-state index in [0.29, 0.717) is 23.8 Å². The molecular formula is C22H25N3O2. The van der Waals surface area contributed by atoms with Gasteiger partial charge in [0.25, 0.3) is 5.91 Å². The van der Waals surface area contributed by atoms with Crippen LogP contribution in [-0.4, -0.2) is 30.9 Å². The standard InChI is InChI=1S/C22H25N3O2/c1-15-13-17(9-11-23-15)21(26)24-19-7-4-6-18(14-19)22(27)25-12-10-16-5-2-3-8-20(16)25/h2-8,14-15,17,23H,9-13H2,1H3,(H,24,26)/t15-,17-/m0/s1. The zero-order chi connectivity index (χ0) is 18.8. The molecule has 0 aromatic heterocycles. The lowest BCUT2D eigenvalue weighted by Gasteiger charge is -2.27. The molecule has 2 N–H and O–H groups in total. The van der Waals surface area contributed by atoms with E-state index >= 15 is 0 Å². The Morgan fingerprint density at radius 1 is 1.15 bits per heavy atom. The number of nitrogens with zero attached hydrogens (tertiary/aromatic N) is 1. The van der Waals surface area contributed by atoms with Gasteiger partial charge in [-0.2, -0.15) is 0 Å². The summed E-state index contributed by atoms with van der Waals surface area (Å²) in [6, 6.07) is 15.6. The van der Waals surface area contributed by atoms with E-state index < -0.39 is 0 Å². The Morgan fingerprint density at radius 2 is 2.00 bits per heavy atom. The molecule has 0 unspecified atom stereocenters. The first-order valence-electron chi connectivity index (χ1n) is 9.66. The molecule has 0 saturated carbocycles. The SMILES string of the molecule is C[C@H]1C[C@@H](C(=O)Nc2cccc(C(=O)N3CCc4ccccc43)c2)CCN1. The molecule has 5 heteroatoms. The van der Waals surface area contributed by atoms with Crippen LogP contribution in [-0.2, 0) is 11.2 Å². The lowest BCUT2D eigenvalue weighted by atomic mass is 9.92. The molecule has 2 aliphatic rings. The van der Waals surface area contributed by atoms with Crippen molar-refractivity contribution in [1.29, 1.82) is 0 Å². The average Bonchev–Trinajstić information content (AvgIpc) is 3.12. The van der Waals surface area contributed by atoms with Crippen LogP contribution in [0.5, 0.6) is 0 Å². The molecule has 1 fully saturated rings. The fourth-order valence-corrected chi connectivity index (χ4v) is 4.05. The number of nitrogens with one attached hydrogen (secondary N) is 2. The normalized spacial score (nSPS) is 21.6. The van der Waals surface area contributed by atoms with E-state index in [-0.39, 0.29) is 17.7 Å². The van der Waals surface area contributed by atoms with Crippen molar-refractivity contribution in [2.75, 3.05) is 23.3 Å². The number of amides is 2. The van der Waals surface area contributed by atoms with Crippen molar-refractivity contribution in [2.24, 2.45) is 5.92 Å². The maximum atomic E-state index is 13.0. The van der Waals surface area contributed by atoms with Gasteiger partial charge < -0.3 is 15.5 Å². The highest BCUT2D eigenvalue weighted by Gasteiger charge is 2.26. The van der Waals surface area contributed by atoms with Crippen LogP contribution in [0, 0.1) is 5.92 Å². The number of anilines is 2. The third-order valence-corrected chi connectivity index (χ3v) is 5.50. The van der Waals surface area contributed by atoms with Crippen molar-refractivity contribution in [3.8, 4) is 0 Å². The molecule has 0 spiro atoms. The number of piperidine rings is 1. The van der Waals surface area contributed by atoms with Gasteiger partial charge in [-0.1, -0.05) is 24.3 Å². The van der Waals surface area contributed by atoms with E-state index in [0.717, 1.165) is 31.5 Å². The minimum atomic E-state index is -0.0217. The number of hydrogen-bond acceptors (Lipinski definition) is 3. The molecule has 4 rings (SSSR count). The predicted octanol–water partition coefficient (Wildman–Crippen LogP) is 3.22. The molecule has 2 atom stereocenters. The number of benzene rings is 2. The van der Waals surface area contributed by atoms with E-state index in [1.54, 1.807) is 6.07 Å². The van der Waals surface area contributed by atoms with Crippen LogP contribution in [0.3, 0.4) is 0 Å². The Morgan fingerprint density at radius 3 is 2.85 bits per heavy atom. The highest BCUT2D eigenvalue weighted by molar-refractivity contribution is 6.08. The van der Waals surface area contributed by atoms with Gasteiger partial charge in [-0.25, -0.2) is 0 Å². The van der Waals surface area contributed by atoms with Crippen LogP contribution < -0.4 is 15.5 Å². The fourth-order valence-electron chi connectivity index (χ4n) is 4.05. The van der Waals surface area contributed by atoms with Crippen LogP contribution in [0.25, 0.3) is 0 Å². The summed E-state index contributed by atoms with van der Waals surface area (Å²) >= 11 is 0. The van der Waals surface area contributed by atoms with Gasteiger partial charge in [-0.05, 0) is 62.6 Å². The van der Waals surface area contributed by atoms with Crippen LogP contribution in [0.1, 0.15) is 35.7 Å². The maximum absolute atomic E-state index is 13.0. The number of para-hydroxylation sites is 1.